The maximum absolute atomic E-state index is 6.35. The highest BCUT2D eigenvalue weighted by atomic mass is 79.9. The number of nitrogens with zero attached hydrogens (tertiary/aromatic N) is 1. The van der Waals surface area contributed by atoms with E-state index in [0.717, 1.165) is 48.9 Å². The van der Waals surface area contributed by atoms with E-state index < -0.39 is 0 Å². The van der Waals surface area contributed by atoms with Crippen LogP contribution in [-0.4, -0.2) is 0 Å². The molecule has 42 heavy (non-hydrogen) atoms. The van der Waals surface area contributed by atoms with Crippen LogP contribution in [0.15, 0.2) is 142 Å². The van der Waals surface area contributed by atoms with Crippen molar-refractivity contribution in [2.45, 2.75) is 19.3 Å². The summed E-state index contributed by atoms with van der Waals surface area (Å²) in [4.78, 5) is 2.38. The van der Waals surface area contributed by atoms with Crippen molar-refractivity contribution >= 4 is 54.9 Å². The van der Waals surface area contributed by atoms with Crippen LogP contribution in [0.3, 0.4) is 0 Å². The molecule has 6 aromatic carbocycles. The van der Waals surface area contributed by atoms with E-state index >= 15 is 0 Å². The monoisotopic (exact) mass is 605 g/mol. The summed E-state index contributed by atoms with van der Waals surface area (Å²) in [6, 6.07) is 47.7. The number of rotatable bonds is 4. The molecule has 1 aliphatic carbocycles. The lowest BCUT2D eigenvalue weighted by Gasteiger charge is -2.29. The fraction of sp³-hybridized carbons (Fsp3) is 0.0769. The zero-order valence-corrected chi connectivity index (χ0v) is 25.0. The summed E-state index contributed by atoms with van der Waals surface area (Å²) in [6.45, 7) is 4.66. The van der Waals surface area contributed by atoms with Crippen LogP contribution >= 0.6 is 15.9 Å². The molecule has 7 aromatic rings. The second-order valence-electron chi connectivity index (χ2n) is 11.5. The van der Waals surface area contributed by atoms with E-state index in [2.05, 4.69) is 156 Å². The van der Waals surface area contributed by atoms with Gasteiger partial charge in [-0.3, -0.25) is 0 Å². The van der Waals surface area contributed by atoms with E-state index in [1.54, 1.807) is 0 Å². The minimum absolute atomic E-state index is 0.0670. The highest BCUT2D eigenvalue weighted by molar-refractivity contribution is 9.10. The number of hydrogen-bond acceptors (Lipinski definition) is 2. The van der Waals surface area contributed by atoms with Crippen molar-refractivity contribution in [3.63, 3.8) is 0 Å². The number of halogens is 1. The summed E-state index contributed by atoms with van der Waals surface area (Å²) >= 11 is 3.63. The Balaban J connectivity index is 1.30. The fourth-order valence-corrected chi connectivity index (χ4v) is 6.97. The molecule has 8 rings (SSSR count). The SMILES string of the molecule is CC1(C)c2ccccc2-c2c(N(c3ccc(Br)cc3)c3ccc(-c4cccc5c4oc4ccccc45)cc3)cccc21. The minimum Gasteiger partial charge on any atom is -0.455 e. The molecule has 0 saturated carbocycles. The molecule has 0 amide bonds. The molecule has 0 unspecified atom stereocenters. The molecule has 1 aromatic heterocycles. The van der Waals surface area contributed by atoms with E-state index in [4.69, 9.17) is 4.42 Å². The molecule has 0 aliphatic heterocycles. The number of hydrogen-bond donors (Lipinski definition) is 0. The standard InChI is InChI=1S/C39H28BrNO/c1-39(2)33-13-5-3-10-32(33)37-34(39)14-8-15-35(37)41(28-23-19-26(40)20-24-28)27-21-17-25(18-22-27)29-11-7-12-31-30-9-4-6-16-36(30)42-38(29)31/h3-24H,1-2H3. The molecular weight excluding hydrogens is 578 g/mol. The number of fused-ring (bicyclic) bond motifs is 6. The summed E-state index contributed by atoms with van der Waals surface area (Å²) in [7, 11) is 0. The molecule has 1 aliphatic rings. The summed E-state index contributed by atoms with van der Waals surface area (Å²) in [6.07, 6.45) is 0. The first kappa shape index (κ1) is 25.1. The highest BCUT2D eigenvalue weighted by Crippen LogP contribution is 2.54. The molecule has 0 spiro atoms. The van der Waals surface area contributed by atoms with Gasteiger partial charge in [0.25, 0.3) is 0 Å². The number of para-hydroxylation sites is 2. The molecule has 0 saturated heterocycles. The van der Waals surface area contributed by atoms with Crippen LogP contribution < -0.4 is 4.90 Å². The van der Waals surface area contributed by atoms with Crippen LogP contribution in [0, 0.1) is 0 Å². The highest BCUT2D eigenvalue weighted by Gasteiger charge is 2.37. The minimum atomic E-state index is -0.0670. The zero-order chi connectivity index (χ0) is 28.4. The third-order valence-corrected chi connectivity index (χ3v) is 9.28. The average molecular weight is 607 g/mol. The fourth-order valence-electron chi connectivity index (χ4n) is 6.70. The molecule has 202 valence electrons. The van der Waals surface area contributed by atoms with Crippen LogP contribution in [0.2, 0.25) is 0 Å². The van der Waals surface area contributed by atoms with E-state index in [9.17, 15) is 0 Å². The Morgan fingerprint density at radius 1 is 0.571 bits per heavy atom. The maximum Gasteiger partial charge on any atom is 0.143 e. The van der Waals surface area contributed by atoms with Crippen molar-refractivity contribution < 1.29 is 4.42 Å². The molecule has 3 heteroatoms. The van der Waals surface area contributed by atoms with Gasteiger partial charge in [-0.2, -0.15) is 0 Å². The largest absolute Gasteiger partial charge is 0.455 e. The second-order valence-corrected chi connectivity index (χ2v) is 12.4. The first-order valence-corrected chi connectivity index (χ1v) is 15.1. The van der Waals surface area contributed by atoms with Crippen molar-refractivity contribution in [1.82, 2.24) is 0 Å². The van der Waals surface area contributed by atoms with Gasteiger partial charge in [-0.25, -0.2) is 0 Å². The zero-order valence-electron chi connectivity index (χ0n) is 23.4. The van der Waals surface area contributed by atoms with Gasteiger partial charge in [0.15, 0.2) is 0 Å². The molecule has 0 N–H and O–H groups in total. The van der Waals surface area contributed by atoms with Gasteiger partial charge >= 0.3 is 0 Å². The Morgan fingerprint density at radius 3 is 2.00 bits per heavy atom. The summed E-state index contributed by atoms with van der Waals surface area (Å²) in [5.74, 6) is 0. The number of benzene rings is 6. The van der Waals surface area contributed by atoms with Crippen LogP contribution in [0.1, 0.15) is 25.0 Å². The Morgan fingerprint density at radius 2 is 1.19 bits per heavy atom. The average Bonchev–Trinajstić information content (AvgIpc) is 3.52. The molecule has 0 bridgehead atoms. The van der Waals surface area contributed by atoms with Gasteiger partial charge in [0.1, 0.15) is 11.2 Å². The Bertz CT molecular complexity index is 2120. The van der Waals surface area contributed by atoms with E-state index in [1.807, 2.05) is 12.1 Å². The summed E-state index contributed by atoms with van der Waals surface area (Å²) in [5, 5.41) is 2.29. The second kappa shape index (κ2) is 9.47. The normalized spacial score (nSPS) is 13.3. The lowest BCUT2D eigenvalue weighted by molar-refractivity contribution is 0.660. The predicted octanol–water partition coefficient (Wildman–Crippen LogP) is 11.8. The van der Waals surface area contributed by atoms with Gasteiger partial charge in [0, 0.05) is 43.2 Å². The van der Waals surface area contributed by atoms with E-state index in [-0.39, 0.29) is 5.41 Å². The van der Waals surface area contributed by atoms with Gasteiger partial charge in [-0.1, -0.05) is 115 Å². The first-order valence-electron chi connectivity index (χ1n) is 14.3. The molecule has 1 heterocycles. The molecule has 2 nitrogen and oxygen atoms in total. The van der Waals surface area contributed by atoms with Gasteiger partial charge in [-0.15, -0.1) is 0 Å². The van der Waals surface area contributed by atoms with Gasteiger partial charge in [-0.05, 0) is 70.8 Å². The summed E-state index contributed by atoms with van der Waals surface area (Å²) in [5.41, 5.74) is 12.7. The topological polar surface area (TPSA) is 16.4 Å². The van der Waals surface area contributed by atoms with Crippen LogP contribution in [0.4, 0.5) is 17.1 Å². The Labute approximate surface area is 254 Å². The number of anilines is 3. The van der Waals surface area contributed by atoms with Crippen LogP contribution in [-0.2, 0) is 5.41 Å². The third kappa shape index (κ3) is 3.77. The van der Waals surface area contributed by atoms with Crippen molar-refractivity contribution in [2.75, 3.05) is 4.90 Å². The summed E-state index contributed by atoms with van der Waals surface area (Å²) < 4.78 is 7.41. The van der Waals surface area contributed by atoms with E-state index in [0.29, 0.717) is 0 Å². The molecule has 0 atom stereocenters. The molecule has 0 fully saturated rings. The van der Waals surface area contributed by atoms with Crippen LogP contribution in [0.25, 0.3) is 44.2 Å². The Hall–Kier alpha value is -4.60. The lowest BCUT2D eigenvalue weighted by Crippen LogP contribution is -2.16. The first-order chi connectivity index (χ1) is 20.5. The van der Waals surface area contributed by atoms with Gasteiger partial charge in [0.05, 0.1) is 5.69 Å². The number of furan rings is 1. The van der Waals surface area contributed by atoms with Crippen molar-refractivity contribution in [3.8, 4) is 22.3 Å². The Kier molecular flexibility index (Phi) is 5.67. The smallest absolute Gasteiger partial charge is 0.143 e. The third-order valence-electron chi connectivity index (χ3n) is 8.75. The maximum atomic E-state index is 6.35. The van der Waals surface area contributed by atoms with Gasteiger partial charge in [0.2, 0.25) is 0 Å². The molecular formula is C39H28BrNO. The lowest BCUT2D eigenvalue weighted by atomic mass is 9.82. The quantitative estimate of drug-likeness (QED) is 0.198. The van der Waals surface area contributed by atoms with Gasteiger partial charge < -0.3 is 9.32 Å². The predicted molar refractivity (Wildman–Crippen MR) is 179 cm³/mol. The van der Waals surface area contributed by atoms with Crippen molar-refractivity contribution in [2.24, 2.45) is 0 Å². The van der Waals surface area contributed by atoms with Crippen molar-refractivity contribution in [3.05, 3.63) is 149 Å². The molecule has 0 radical (unpaired) electrons. The van der Waals surface area contributed by atoms with Crippen molar-refractivity contribution in [1.29, 1.82) is 0 Å². The van der Waals surface area contributed by atoms with E-state index in [1.165, 1.54) is 27.9 Å². The van der Waals surface area contributed by atoms with Crippen LogP contribution in [0.5, 0.6) is 0 Å².